The van der Waals surface area contributed by atoms with E-state index in [4.69, 9.17) is 19.9 Å². The van der Waals surface area contributed by atoms with Crippen molar-refractivity contribution in [3.05, 3.63) is 48.0 Å². The molecule has 6 nitrogen and oxygen atoms in total. The van der Waals surface area contributed by atoms with Gasteiger partial charge in [-0.3, -0.25) is 4.79 Å². The summed E-state index contributed by atoms with van der Waals surface area (Å²) in [6, 6.07) is 12.4. The fourth-order valence-electron chi connectivity index (χ4n) is 2.49. The number of rotatable bonds is 5. The quantitative estimate of drug-likeness (QED) is 0.810. The average molecular weight is 393 g/mol. The van der Waals surface area contributed by atoms with Crippen LogP contribution in [0.25, 0.3) is 0 Å². The van der Waals surface area contributed by atoms with Gasteiger partial charge in [-0.2, -0.15) is 0 Å². The fraction of sp³-hybridized carbons (Fsp3) is 0.350. The van der Waals surface area contributed by atoms with Crippen LogP contribution in [0, 0.1) is 5.41 Å². The highest BCUT2D eigenvalue weighted by atomic mass is 35.5. The number of amides is 1. The average Bonchev–Trinajstić information content (AvgIpc) is 3.06. The molecule has 0 spiro atoms. The zero-order valence-corrected chi connectivity index (χ0v) is 16.5. The first-order valence-corrected chi connectivity index (χ1v) is 8.51. The van der Waals surface area contributed by atoms with Gasteiger partial charge in [0.1, 0.15) is 12.4 Å². The molecule has 0 radical (unpaired) electrons. The number of hydrogen-bond acceptors (Lipinski definition) is 5. The molecule has 0 bridgehead atoms. The molecule has 0 saturated heterocycles. The molecule has 0 aliphatic carbocycles. The summed E-state index contributed by atoms with van der Waals surface area (Å²) in [5.74, 6) is 1.89. The van der Waals surface area contributed by atoms with E-state index in [1.807, 2.05) is 57.2 Å². The lowest BCUT2D eigenvalue weighted by atomic mass is 9.87. The second-order valence-corrected chi connectivity index (χ2v) is 7.34. The number of hydrogen-bond donors (Lipinski definition) is 2. The normalized spacial score (nSPS) is 13.5. The number of carbonyl (C=O) groups is 1. The maximum Gasteiger partial charge on any atom is 0.241 e. The van der Waals surface area contributed by atoms with Gasteiger partial charge in [-0.15, -0.1) is 12.4 Å². The largest absolute Gasteiger partial charge is 0.489 e. The van der Waals surface area contributed by atoms with E-state index in [9.17, 15) is 4.79 Å². The SMILES string of the molecule is CC(C)(C)[C@H](N)C(=O)Nc1cccc(COc2ccc3c(c2)OCO3)c1.Cl. The molecule has 27 heavy (non-hydrogen) atoms. The Bertz CT molecular complexity index is 805. The first-order valence-electron chi connectivity index (χ1n) is 8.51. The van der Waals surface area contributed by atoms with Crippen molar-refractivity contribution in [3.63, 3.8) is 0 Å². The monoisotopic (exact) mass is 392 g/mol. The molecule has 3 rings (SSSR count). The second-order valence-electron chi connectivity index (χ2n) is 7.34. The Hall–Kier alpha value is -2.44. The minimum absolute atomic E-state index is 0. The van der Waals surface area contributed by atoms with E-state index in [2.05, 4.69) is 5.32 Å². The van der Waals surface area contributed by atoms with Crippen LogP contribution in [0.4, 0.5) is 5.69 Å². The first kappa shape index (κ1) is 20.9. The van der Waals surface area contributed by atoms with Crippen molar-refractivity contribution in [3.8, 4) is 17.2 Å². The zero-order valence-electron chi connectivity index (χ0n) is 15.7. The number of nitrogens with two attached hydrogens (primary N) is 1. The van der Waals surface area contributed by atoms with Crippen LogP contribution in [0.2, 0.25) is 0 Å². The highest BCUT2D eigenvalue weighted by Gasteiger charge is 2.27. The Morgan fingerprint density at radius 3 is 2.67 bits per heavy atom. The lowest BCUT2D eigenvalue weighted by molar-refractivity contribution is -0.119. The number of ether oxygens (including phenoxy) is 3. The number of benzene rings is 2. The highest BCUT2D eigenvalue weighted by molar-refractivity contribution is 5.95. The number of carbonyl (C=O) groups excluding carboxylic acids is 1. The van der Waals surface area contributed by atoms with E-state index in [0.29, 0.717) is 23.8 Å². The van der Waals surface area contributed by atoms with Crippen molar-refractivity contribution >= 4 is 24.0 Å². The van der Waals surface area contributed by atoms with Crippen LogP contribution in [0.3, 0.4) is 0 Å². The van der Waals surface area contributed by atoms with Gasteiger partial charge in [-0.25, -0.2) is 0 Å². The topological polar surface area (TPSA) is 82.8 Å². The molecule has 1 amide bonds. The molecule has 0 aromatic heterocycles. The molecule has 7 heteroatoms. The van der Waals surface area contributed by atoms with E-state index >= 15 is 0 Å². The van der Waals surface area contributed by atoms with E-state index < -0.39 is 6.04 Å². The summed E-state index contributed by atoms with van der Waals surface area (Å²) in [5.41, 5.74) is 7.33. The van der Waals surface area contributed by atoms with Gasteiger partial charge in [0, 0.05) is 11.8 Å². The van der Waals surface area contributed by atoms with Crippen LogP contribution in [0.1, 0.15) is 26.3 Å². The predicted octanol–water partition coefficient (Wildman–Crippen LogP) is 3.73. The van der Waals surface area contributed by atoms with Gasteiger partial charge in [0.15, 0.2) is 11.5 Å². The zero-order chi connectivity index (χ0) is 18.7. The standard InChI is InChI=1S/C20H24N2O4.ClH/c1-20(2,3)18(21)19(23)22-14-6-4-5-13(9-14)11-24-15-7-8-16-17(10-15)26-12-25-16;/h4-10,18H,11-12,21H2,1-3H3,(H,22,23);1H/t18-;/m1./s1. The number of nitrogens with one attached hydrogen (secondary N) is 1. The molecule has 3 N–H and O–H groups in total. The van der Waals surface area contributed by atoms with Crippen molar-refractivity contribution in [2.45, 2.75) is 33.4 Å². The van der Waals surface area contributed by atoms with Crippen LogP contribution in [-0.2, 0) is 11.4 Å². The Morgan fingerprint density at radius 1 is 1.19 bits per heavy atom. The van der Waals surface area contributed by atoms with Crippen LogP contribution < -0.4 is 25.3 Å². The Morgan fingerprint density at radius 2 is 1.93 bits per heavy atom. The van der Waals surface area contributed by atoms with Crippen LogP contribution >= 0.6 is 12.4 Å². The molecular weight excluding hydrogens is 368 g/mol. The van der Waals surface area contributed by atoms with E-state index in [0.717, 1.165) is 11.3 Å². The number of fused-ring (bicyclic) bond motifs is 1. The Kier molecular flexibility index (Phi) is 6.57. The highest BCUT2D eigenvalue weighted by Crippen LogP contribution is 2.35. The van der Waals surface area contributed by atoms with Crippen molar-refractivity contribution in [1.82, 2.24) is 0 Å². The fourth-order valence-corrected chi connectivity index (χ4v) is 2.49. The summed E-state index contributed by atoms with van der Waals surface area (Å²) in [5, 5.41) is 2.86. The summed E-state index contributed by atoms with van der Waals surface area (Å²) in [4.78, 5) is 12.3. The van der Waals surface area contributed by atoms with Gasteiger partial charge in [-0.05, 0) is 35.2 Å². The van der Waals surface area contributed by atoms with E-state index in [1.165, 1.54) is 0 Å². The molecule has 0 saturated carbocycles. The van der Waals surface area contributed by atoms with Crippen molar-refractivity contribution in [2.24, 2.45) is 11.1 Å². The van der Waals surface area contributed by atoms with Crippen molar-refractivity contribution < 1.29 is 19.0 Å². The van der Waals surface area contributed by atoms with Crippen LogP contribution in [0.5, 0.6) is 17.2 Å². The van der Waals surface area contributed by atoms with Gasteiger partial charge in [0.2, 0.25) is 12.7 Å². The van der Waals surface area contributed by atoms with Gasteiger partial charge in [0.05, 0.1) is 6.04 Å². The van der Waals surface area contributed by atoms with E-state index in [1.54, 1.807) is 6.07 Å². The minimum atomic E-state index is -0.587. The van der Waals surface area contributed by atoms with Crippen LogP contribution in [-0.4, -0.2) is 18.7 Å². The number of halogens is 1. The molecule has 1 heterocycles. The van der Waals surface area contributed by atoms with Crippen molar-refractivity contribution in [2.75, 3.05) is 12.1 Å². The maximum atomic E-state index is 12.3. The third-order valence-corrected chi connectivity index (χ3v) is 4.16. The second kappa shape index (κ2) is 8.50. The molecule has 1 aliphatic heterocycles. The minimum Gasteiger partial charge on any atom is -0.489 e. The van der Waals surface area contributed by atoms with Gasteiger partial charge >= 0.3 is 0 Å². The van der Waals surface area contributed by atoms with E-state index in [-0.39, 0.29) is 30.5 Å². The molecule has 2 aromatic carbocycles. The Labute approximate surface area is 165 Å². The third kappa shape index (κ3) is 5.28. The molecule has 1 atom stereocenters. The third-order valence-electron chi connectivity index (χ3n) is 4.16. The Balaban J connectivity index is 0.00000261. The molecule has 146 valence electrons. The summed E-state index contributed by atoms with van der Waals surface area (Å²) >= 11 is 0. The summed E-state index contributed by atoms with van der Waals surface area (Å²) in [6.45, 7) is 6.42. The van der Waals surface area contributed by atoms with Crippen LogP contribution in [0.15, 0.2) is 42.5 Å². The molecule has 2 aromatic rings. The number of anilines is 1. The van der Waals surface area contributed by atoms with Gasteiger partial charge in [-0.1, -0.05) is 32.9 Å². The summed E-state index contributed by atoms with van der Waals surface area (Å²) in [7, 11) is 0. The maximum absolute atomic E-state index is 12.3. The summed E-state index contributed by atoms with van der Waals surface area (Å²) in [6.07, 6.45) is 0. The first-order chi connectivity index (χ1) is 12.3. The molecule has 0 fully saturated rings. The lowest BCUT2D eigenvalue weighted by Gasteiger charge is -2.25. The molecule has 1 aliphatic rings. The smallest absolute Gasteiger partial charge is 0.241 e. The molecule has 0 unspecified atom stereocenters. The predicted molar refractivity (Wildman–Crippen MR) is 107 cm³/mol. The van der Waals surface area contributed by atoms with Gasteiger partial charge in [0.25, 0.3) is 0 Å². The molecular formula is C20H25ClN2O4. The summed E-state index contributed by atoms with van der Waals surface area (Å²) < 4.78 is 16.4. The lowest BCUT2D eigenvalue weighted by Crippen LogP contribution is -2.45. The van der Waals surface area contributed by atoms with Crippen molar-refractivity contribution in [1.29, 1.82) is 0 Å². The van der Waals surface area contributed by atoms with Gasteiger partial charge < -0.3 is 25.3 Å².